The smallest absolute Gasteiger partial charge is 0.309 e. The van der Waals surface area contributed by atoms with Crippen molar-refractivity contribution in [1.82, 2.24) is 0 Å². The van der Waals surface area contributed by atoms with Crippen LogP contribution in [0, 0.1) is 11.8 Å². The maximum absolute atomic E-state index is 13.0. The molecule has 1 aliphatic carbocycles. The molecule has 0 amide bonds. The van der Waals surface area contributed by atoms with Crippen LogP contribution < -0.4 is 0 Å². The molecule has 0 aliphatic heterocycles. The lowest BCUT2D eigenvalue weighted by Gasteiger charge is -2.34. The van der Waals surface area contributed by atoms with Crippen molar-refractivity contribution in [1.29, 1.82) is 0 Å². The van der Waals surface area contributed by atoms with Crippen molar-refractivity contribution in [3.63, 3.8) is 0 Å². The van der Waals surface area contributed by atoms with Crippen LogP contribution in [0.25, 0.3) is 11.1 Å². The predicted molar refractivity (Wildman–Crippen MR) is 133 cm³/mol. The lowest BCUT2D eigenvalue weighted by atomic mass is 9.68. The van der Waals surface area contributed by atoms with E-state index in [9.17, 15) is 9.59 Å². The van der Waals surface area contributed by atoms with Gasteiger partial charge in [-0.2, -0.15) is 0 Å². The number of hydrogen-bond acceptors (Lipinski definition) is 4. The molecule has 0 heterocycles. The monoisotopic (exact) mass is 456 g/mol. The second kappa shape index (κ2) is 10.3. The molecule has 0 N–H and O–H groups in total. The summed E-state index contributed by atoms with van der Waals surface area (Å²) in [6.07, 6.45) is 1.19. The minimum atomic E-state index is -0.563. The molecule has 0 aromatic heterocycles. The van der Waals surface area contributed by atoms with Gasteiger partial charge in [0.25, 0.3) is 0 Å². The zero-order valence-corrected chi connectivity index (χ0v) is 20.1. The first-order valence-electron chi connectivity index (χ1n) is 12.0. The van der Waals surface area contributed by atoms with Gasteiger partial charge in [-0.1, -0.05) is 92.7 Å². The van der Waals surface area contributed by atoms with Gasteiger partial charge in [0, 0.05) is 5.41 Å². The summed E-state index contributed by atoms with van der Waals surface area (Å²) in [5.74, 6) is -1.06. The molecule has 34 heavy (non-hydrogen) atoms. The van der Waals surface area contributed by atoms with Crippen LogP contribution in [0.5, 0.6) is 0 Å². The second-order valence-corrected chi connectivity index (χ2v) is 9.40. The molecule has 3 aromatic carbocycles. The van der Waals surface area contributed by atoms with E-state index >= 15 is 0 Å². The maximum Gasteiger partial charge on any atom is 0.309 e. The van der Waals surface area contributed by atoms with Crippen molar-refractivity contribution in [3.05, 3.63) is 95.6 Å². The molecule has 0 unspecified atom stereocenters. The first kappa shape index (κ1) is 23.7. The number of methoxy groups -OCH3 is 1. The fourth-order valence-corrected chi connectivity index (χ4v) is 5.12. The molecule has 0 saturated carbocycles. The number of esters is 2. The van der Waals surface area contributed by atoms with E-state index in [2.05, 4.69) is 72.8 Å². The summed E-state index contributed by atoms with van der Waals surface area (Å²) in [5, 5.41) is 0. The van der Waals surface area contributed by atoms with Crippen LogP contribution in [0.1, 0.15) is 49.8 Å². The summed E-state index contributed by atoms with van der Waals surface area (Å²) >= 11 is 0. The molecule has 4 heteroatoms. The fourth-order valence-electron chi connectivity index (χ4n) is 5.12. The zero-order chi connectivity index (χ0) is 24.1. The number of carbonyl (C=O) groups is 2. The van der Waals surface area contributed by atoms with Gasteiger partial charge < -0.3 is 9.47 Å². The number of hydrogen-bond donors (Lipinski definition) is 0. The van der Waals surface area contributed by atoms with Crippen molar-refractivity contribution >= 4 is 11.9 Å². The van der Waals surface area contributed by atoms with Gasteiger partial charge in [-0.3, -0.25) is 9.59 Å². The average molecular weight is 457 g/mol. The van der Waals surface area contributed by atoms with Crippen molar-refractivity contribution in [3.8, 4) is 11.1 Å². The fraction of sp³-hybridized carbons (Fsp3) is 0.333. The van der Waals surface area contributed by atoms with E-state index in [0.717, 1.165) is 0 Å². The van der Waals surface area contributed by atoms with Crippen molar-refractivity contribution < 1.29 is 19.1 Å². The van der Waals surface area contributed by atoms with Crippen LogP contribution in [0.3, 0.4) is 0 Å². The summed E-state index contributed by atoms with van der Waals surface area (Å²) in [6, 6.07) is 27.5. The Morgan fingerprint density at radius 1 is 0.824 bits per heavy atom. The molecule has 4 rings (SSSR count). The van der Waals surface area contributed by atoms with Crippen LogP contribution in [-0.4, -0.2) is 25.7 Å². The first-order valence-corrected chi connectivity index (χ1v) is 12.0. The van der Waals surface area contributed by atoms with Gasteiger partial charge >= 0.3 is 11.9 Å². The third-order valence-electron chi connectivity index (χ3n) is 6.73. The quantitative estimate of drug-likeness (QED) is 0.362. The summed E-state index contributed by atoms with van der Waals surface area (Å²) in [7, 11) is 1.35. The molecule has 0 fully saturated rings. The van der Waals surface area contributed by atoms with Crippen molar-refractivity contribution in [2.24, 2.45) is 11.8 Å². The molecule has 0 saturated heterocycles. The van der Waals surface area contributed by atoms with E-state index in [4.69, 9.17) is 9.47 Å². The highest BCUT2D eigenvalue weighted by atomic mass is 16.5. The highest BCUT2D eigenvalue weighted by Gasteiger charge is 2.44. The molecule has 1 atom stereocenters. The lowest BCUT2D eigenvalue weighted by Crippen LogP contribution is -2.30. The van der Waals surface area contributed by atoms with E-state index in [1.807, 2.05) is 19.9 Å². The molecule has 1 aliphatic rings. The topological polar surface area (TPSA) is 52.6 Å². The summed E-state index contributed by atoms with van der Waals surface area (Å²) in [6.45, 7) is 4.34. The molecule has 4 nitrogen and oxygen atoms in total. The van der Waals surface area contributed by atoms with Gasteiger partial charge in [-0.15, -0.1) is 0 Å². The molecule has 0 bridgehead atoms. The normalized spacial score (nSPS) is 14.2. The van der Waals surface area contributed by atoms with Crippen LogP contribution in [0.15, 0.2) is 78.9 Å². The number of fused-ring (bicyclic) bond motifs is 3. The molecular formula is C30H32O4. The minimum absolute atomic E-state index is 0.0155. The van der Waals surface area contributed by atoms with E-state index in [0.29, 0.717) is 19.4 Å². The number of rotatable bonds is 9. The van der Waals surface area contributed by atoms with E-state index in [1.165, 1.54) is 34.9 Å². The van der Waals surface area contributed by atoms with Gasteiger partial charge in [0.15, 0.2) is 0 Å². The summed E-state index contributed by atoms with van der Waals surface area (Å²) in [5.41, 5.74) is 5.66. The second-order valence-electron chi connectivity index (χ2n) is 9.40. The van der Waals surface area contributed by atoms with E-state index in [-0.39, 0.29) is 18.3 Å². The van der Waals surface area contributed by atoms with Gasteiger partial charge in [-0.25, -0.2) is 0 Å². The van der Waals surface area contributed by atoms with Gasteiger partial charge in [0.05, 0.1) is 26.1 Å². The van der Waals surface area contributed by atoms with Crippen LogP contribution in [0.2, 0.25) is 0 Å². The van der Waals surface area contributed by atoms with Crippen LogP contribution >= 0.6 is 0 Å². The standard InChI is InChI=1S/C30H32O4/c1-21(2)20-34-29(32)22(19-28(31)33-3)17-18-30(23-11-5-4-6-12-23)26-15-9-7-13-24(26)25-14-8-10-16-27(25)30/h4-16,21-22H,17-20H2,1-3H3/t22-/m0/s1. The summed E-state index contributed by atoms with van der Waals surface area (Å²) < 4.78 is 10.5. The highest BCUT2D eigenvalue weighted by molar-refractivity contribution is 5.84. The van der Waals surface area contributed by atoms with Gasteiger partial charge in [0.1, 0.15) is 0 Å². The first-order chi connectivity index (χ1) is 16.5. The third kappa shape index (κ3) is 4.50. The zero-order valence-electron chi connectivity index (χ0n) is 20.1. The van der Waals surface area contributed by atoms with Gasteiger partial charge in [0.2, 0.25) is 0 Å². The van der Waals surface area contributed by atoms with Gasteiger partial charge in [-0.05, 0) is 46.6 Å². The Labute approximate surface area is 201 Å². The molecule has 176 valence electrons. The van der Waals surface area contributed by atoms with Crippen LogP contribution in [-0.2, 0) is 24.5 Å². The summed E-state index contributed by atoms with van der Waals surface area (Å²) in [4.78, 5) is 25.2. The molecule has 3 aromatic rings. The molecule has 0 spiro atoms. The number of ether oxygens (including phenoxy) is 2. The Bertz CT molecular complexity index is 1100. The average Bonchev–Trinajstić information content (AvgIpc) is 3.16. The Hall–Kier alpha value is -3.40. The Morgan fingerprint density at radius 3 is 1.94 bits per heavy atom. The minimum Gasteiger partial charge on any atom is -0.469 e. The molecular weight excluding hydrogens is 424 g/mol. The highest BCUT2D eigenvalue weighted by Crippen LogP contribution is 2.55. The Kier molecular flexibility index (Phi) is 7.16. The Morgan fingerprint density at radius 2 is 1.38 bits per heavy atom. The number of benzene rings is 3. The largest absolute Gasteiger partial charge is 0.469 e. The SMILES string of the molecule is COC(=O)C[C@H](CCC1(c2ccccc2)c2ccccc2-c2ccccc21)C(=O)OCC(C)C. The van der Waals surface area contributed by atoms with E-state index in [1.54, 1.807) is 0 Å². The van der Waals surface area contributed by atoms with Crippen LogP contribution in [0.4, 0.5) is 0 Å². The maximum atomic E-state index is 13.0. The predicted octanol–water partition coefficient (Wildman–Crippen LogP) is 6.16. The van der Waals surface area contributed by atoms with E-state index < -0.39 is 17.3 Å². The lowest BCUT2D eigenvalue weighted by molar-refractivity contribution is -0.155. The third-order valence-corrected chi connectivity index (χ3v) is 6.73. The van der Waals surface area contributed by atoms with Crippen molar-refractivity contribution in [2.75, 3.05) is 13.7 Å². The van der Waals surface area contributed by atoms with Crippen molar-refractivity contribution in [2.45, 2.75) is 38.5 Å². The number of carbonyl (C=O) groups excluding carboxylic acids is 2. The Balaban J connectivity index is 1.76. The molecule has 0 radical (unpaired) electrons.